The van der Waals surface area contributed by atoms with Gasteiger partial charge >= 0.3 is 17.9 Å². The minimum Gasteiger partial charge on any atom is -0.462 e. The molecule has 0 aliphatic carbocycles. The Balaban J connectivity index is 4.34. The minimum atomic E-state index is -0.783. The molecule has 0 unspecified atom stereocenters. The summed E-state index contributed by atoms with van der Waals surface area (Å²) in [5.74, 6) is -0.885. The molecule has 0 N–H and O–H groups in total. The van der Waals surface area contributed by atoms with Gasteiger partial charge in [0, 0.05) is 19.3 Å². The normalized spacial score (nSPS) is 12.3. The van der Waals surface area contributed by atoms with Crippen LogP contribution in [0.15, 0.2) is 48.6 Å². The van der Waals surface area contributed by atoms with Gasteiger partial charge < -0.3 is 14.2 Å². The summed E-state index contributed by atoms with van der Waals surface area (Å²) in [4.78, 5) is 38.2. The Morgan fingerprint density at radius 3 is 0.855 bits per heavy atom. The van der Waals surface area contributed by atoms with Crippen LogP contribution in [0.5, 0.6) is 0 Å². The van der Waals surface area contributed by atoms with Crippen LogP contribution < -0.4 is 0 Å². The van der Waals surface area contributed by atoms with Crippen molar-refractivity contribution >= 4 is 17.9 Å². The summed E-state index contributed by atoms with van der Waals surface area (Å²) in [7, 11) is 0. The van der Waals surface area contributed by atoms with Crippen molar-refractivity contribution in [1.82, 2.24) is 0 Å². The summed E-state index contributed by atoms with van der Waals surface area (Å²) in [5.41, 5.74) is 0. The molecule has 69 heavy (non-hydrogen) atoms. The smallest absolute Gasteiger partial charge is 0.306 e. The van der Waals surface area contributed by atoms with E-state index in [1.165, 1.54) is 193 Å². The summed E-state index contributed by atoms with van der Waals surface area (Å²) in [6.07, 6.45) is 71.0. The molecule has 0 bridgehead atoms. The predicted octanol–water partition coefficient (Wildman–Crippen LogP) is 20.2. The molecule has 0 heterocycles. The fourth-order valence-electron chi connectivity index (χ4n) is 8.74. The number of ether oxygens (including phenoxy) is 3. The largest absolute Gasteiger partial charge is 0.462 e. The zero-order valence-corrected chi connectivity index (χ0v) is 46.1. The molecular formula is C63H114O6. The summed E-state index contributed by atoms with van der Waals surface area (Å²) >= 11 is 0. The number of rotatable bonds is 55. The molecule has 0 fully saturated rings. The predicted molar refractivity (Wildman–Crippen MR) is 298 cm³/mol. The molecule has 6 heteroatoms. The number of hydrogen-bond acceptors (Lipinski definition) is 6. The van der Waals surface area contributed by atoms with Crippen molar-refractivity contribution < 1.29 is 28.6 Å². The number of hydrogen-bond donors (Lipinski definition) is 0. The van der Waals surface area contributed by atoms with Gasteiger partial charge in [-0.25, -0.2) is 0 Å². The zero-order valence-electron chi connectivity index (χ0n) is 46.1. The first-order valence-electron chi connectivity index (χ1n) is 30.1. The lowest BCUT2D eigenvalue weighted by Crippen LogP contribution is -2.30. The van der Waals surface area contributed by atoms with Crippen LogP contribution >= 0.6 is 0 Å². The molecule has 0 rings (SSSR count). The zero-order chi connectivity index (χ0) is 50.0. The van der Waals surface area contributed by atoms with Gasteiger partial charge in [0.05, 0.1) is 0 Å². The first kappa shape index (κ1) is 66.4. The van der Waals surface area contributed by atoms with Crippen LogP contribution in [0, 0.1) is 0 Å². The summed E-state index contributed by atoms with van der Waals surface area (Å²) in [5, 5.41) is 0. The van der Waals surface area contributed by atoms with Crippen LogP contribution in [0.2, 0.25) is 0 Å². The highest BCUT2D eigenvalue weighted by Crippen LogP contribution is 2.16. The van der Waals surface area contributed by atoms with Crippen LogP contribution in [0.3, 0.4) is 0 Å². The van der Waals surface area contributed by atoms with Crippen molar-refractivity contribution in [3.05, 3.63) is 48.6 Å². The molecule has 0 aromatic carbocycles. The van der Waals surface area contributed by atoms with Gasteiger partial charge in [-0.1, -0.05) is 262 Å². The third kappa shape index (κ3) is 56.2. The van der Waals surface area contributed by atoms with Crippen LogP contribution in [-0.4, -0.2) is 37.2 Å². The maximum Gasteiger partial charge on any atom is 0.306 e. The van der Waals surface area contributed by atoms with E-state index in [-0.39, 0.29) is 31.1 Å². The van der Waals surface area contributed by atoms with E-state index in [4.69, 9.17) is 14.2 Å². The second-order valence-electron chi connectivity index (χ2n) is 20.3. The molecule has 0 aromatic heterocycles. The second-order valence-corrected chi connectivity index (χ2v) is 20.3. The molecule has 0 aliphatic rings. The van der Waals surface area contributed by atoms with Crippen molar-refractivity contribution in [2.45, 2.75) is 322 Å². The third-order valence-electron chi connectivity index (χ3n) is 13.3. The molecule has 402 valence electrons. The van der Waals surface area contributed by atoms with Gasteiger partial charge in [0.1, 0.15) is 13.2 Å². The van der Waals surface area contributed by atoms with Gasteiger partial charge in [-0.05, 0) is 83.5 Å². The Morgan fingerprint density at radius 2 is 0.522 bits per heavy atom. The molecule has 0 amide bonds. The maximum atomic E-state index is 12.9. The molecule has 0 saturated carbocycles. The fraction of sp³-hybridized carbons (Fsp3) is 0.825. The lowest BCUT2D eigenvalue weighted by molar-refractivity contribution is -0.167. The number of carbonyl (C=O) groups excluding carboxylic acids is 3. The Bertz CT molecular complexity index is 1200. The highest BCUT2D eigenvalue weighted by Gasteiger charge is 2.19. The van der Waals surface area contributed by atoms with Crippen LogP contribution in [0.1, 0.15) is 316 Å². The van der Waals surface area contributed by atoms with Gasteiger partial charge in [0.15, 0.2) is 6.10 Å². The quantitative estimate of drug-likeness (QED) is 0.0262. The molecular weight excluding hydrogens is 853 g/mol. The maximum absolute atomic E-state index is 12.9. The average Bonchev–Trinajstić information content (AvgIpc) is 3.35. The molecule has 0 aliphatic heterocycles. The van der Waals surface area contributed by atoms with E-state index in [0.29, 0.717) is 19.3 Å². The van der Waals surface area contributed by atoms with E-state index in [0.717, 1.165) is 83.5 Å². The monoisotopic (exact) mass is 967 g/mol. The van der Waals surface area contributed by atoms with E-state index in [2.05, 4.69) is 69.4 Å². The minimum absolute atomic E-state index is 0.0791. The van der Waals surface area contributed by atoms with Crippen molar-refractivity contribution in [2.75, 3.05) is 13.2 Å². The van der Waals surface area contributed by atoms with E-state index in [9.17, 15) is 14.4 Å². The molecule has 0 radical (unpaired) electrons. The molecule has 6 nitrogen and oxygen atoms in total. The van der Waals surface area contributed by atoms with Crippen LogP contribution in [-0.2, 0) is 28.6 Å². The number of esters is 3. The summed E-state index contributed by atoms with van der Waals surface area (Å²) < 4.78 is 16.9. The molecule has 0 spiro atoms. The topological polar surface area (TPSA) is 78.9 Å². The van der Waals surface area contributed by atoms with E-state index in [1.54, 1.807) is 0 Å². The van der Waals surface area contributed by atoms with Crippen LogP contribution in [0.4, 0.5) is 0 Å². The molecule has 0 aromatic rings. The van der Waals surface area contributed by atoms with Gasteiger partial charge in [-0.2, -0.15) is 0 Å². The number of allylic oxidation sites excluding steroid dienone is 8. The lowest BCUT2D eigenvalue weighted by atomic mass is 10.0. The first-order valence-corrected chi connectivity index (χ1v) is 30.1. The van der Waals surface area contributed by atoms with Crippen molar-refractivity contribution in [3.8, 4) is 0 Å². The van der Waals surface area contributed by atoms with Gasteiger partial charge in [-0.15, -0.1) is 0 Å². The molecule has 1 atom stereocenters. The SMILES string of the molecule is CCCCC/C=C\C/C=C\C/C=C\CCCCCCC(=O)O[C@H](COC(=O)CCCCCCCCCCCCC/C=C\CCCCCCCC)COC(=O)CCCCCCCCCCCCCCC. The third-order valence-corrected chi connectivity index (χ3v) is 13.3. The molecule has 0 saturated heterocycles. The fourth-order valence-corrected chi connectivity index (χ4v) is 8.74. The lowest BCUT2D eigenvalue weighted by Gasteiger charge is -2.18. The average molecular weight is 968 g/mol. The first-order chi connectivity index (χ1) is 34.0. The Labute approximate surface area is 428 Å². The van der Waals surface area contributed by atoms with Crippen LogP contribution in [0.25, 0.3) is 0 Å². The Morgan fingerprint density at radius 1 is 0.290 bits per heavy atom. The summed E-state index contributed by atoms with van der Waals surface area (Å²) in [6, 6.07) is 0. The van der Waals surface area contributed by atoms with E-state index < -0.39 is 6.10 Å². The Kier molecular flexibility index (Phi) is 55.7. The number of unbranched alkanes of at least 4 members (excludes halogenated alkanes) is 36. The van der Waals surface area contributed by atoms with Gasteiger partial charge in [0.25, 0.3) is 0 Å². The highest BCUT2D eigenvalue weighted by molar-refractivity contribution is 5.71. The van der Waals surface area contributed by atoms with Crippen molar-refractivity contribution in [3.63, 3.8) is 0 Å². The number of carbonyl (C=O) groups is 3. The van der Waals surface area contributed by atoms with Gasteiger partial charge in [0.2, 0.25) is 0 Å². The van der Waals surface area contributed by atoms with E-state index >= 15 is 0 Å². The summed E-state index contributed by atoms with van der Waals surface area (Å²) in [6.45, 7) is 6.63. The van der Waals surface area contributed by atoms with Crippen molar-refractivity contribution in [2.24, 2.45) is 0 Å². The second kappa shape index (κ2) is 57.9. The highest BCUT2D eigenvalue weighted by atomic mass is 16.6. The standard InChI is InChI=1S/C63H114O6/c1-4-7-10-13-16-19-22-25-27-29-30-31-32-34-35-38-41-44-47-50-53-56-62(65)68-59-60(58-67-61(64)55-52-49-46-43-40-37-24-21-18-15-12-9-6-3)69-63(66)57-54-51-48-45-42-39-36-33-28-26-23-20-17-14-11-8-5-2/h17,20,25-28,36,39,60H,4-16,18-19,21-24,29-35,37-38,40-59H2,1-3H3/b20-17-,27-25-,28-26-,39-36-/t60-/m0/s1. The van der Waals surface area contributed by atoms with Crippen molar-refractivity contribution in [1.29, 1.82) is 0 Å². The van der Waals surface area contributed by atoms with E-state index in [1.807, 2.05) is 0 Å². The van der Waals surface area contributed by atoms with Gasteiger partial charge in [-0.3, -0.25) is 14.4 Å². The Hall–Kier alpha value is -2.63.